The Kier molecular flexibility index (Phi) is 3.54. The molecule has 4 nitrogen and oxygen atoms in total. The van der Waals surface area contributed by atoms with Crippen molar-refractivity contribution in [2.24, 2.45) is 12.8 Å². The van der Waals surface area contributed by atoms with Crippen molar-refractivity contribution < 1.29 is 0 Å². The lowest BCUT2D eigenvalue weighted by Crippen LogP contribution is -1.97. The van der Waals surface area contributed by atoms with Gasteiger partial charge in [0.15, 0.2) is 11.6 Å². The molecule has 0 radical (unpaired) electrons. The van der Waals surface area contributed by atoms with E-state index < -0.39 is 0 Å². The van der Waals surface area contributed by atoms with Gasteiger partial charge in [0.05, 0.1) is 0 Å². The summed E-state index contributed by atoms with van der Waals surface area (Å²) < 4.78 is 1.84. The van der Waals surface area contributed by atoms with E-state index in [0.717, 1.165) is 35.6 Å². The first-order valence-electron chi connectivity index (χ1n) is 5.94. The Labute approximate surface area is 101 Å². The Bertz CT molecular complexity index is 485. The fraction of sp³-hybridized carbons (Fsp3) is 0.385. The molecular formula is C13H18N4. The van der Waals surface area contributed by atoms with Crippen molar-refractivity contribution in [3.05, 3.63) is 35.7 Å². The van der Waals surface area contributed by atoms with Crippen molar-refractivity contribution in [2.75, 3.05) is 0 Å². The van der Waals surface area contributed by atoms with Gasteiger partial charge in [-0.05, 0) is 12.0 Å². The standard InChI is InChI=1S/C13H18N4/c1-3-4-12-15-13(17(2)16-12)11-7-5-10(9-14)6-8-11/h5-8H,3-4,9,14H2,1-2H3. The van der Waals surface area contributed by atoms with E-state index in [-0.39, 0.29) is 0 Å². The van der Waals surface area contributed by atoms with Crippen molar-refractivity contribution in [3.63, 3.8) is 0 Å². The van der Waals surface area contributed by atoms with Crippen LogP contribution in [0.15, 0.2) is 24.3 Å². The van der Waals surface area contributed by atoms with Crippen molar-refractivity contribution in [2.45, 2.75) is 26.3 Å². The van der Waals surface area contributed by atoms with Crippen molar-refractivity contribution in [3.8, 4) is 11.4 Å². The van der Waals surface area contributed by atoms with Crippen molar-refractivity contribution >= 4 is 0 Å². The van der Waals surface area contributed by atoms with E-state index in [1.54, 1.807) is 0 Å². The van der Waals surface area contributed by atoms with Gasteiger partial charge in [-0.2, -0.15) is 5.10 Å². The van der Waals surface area contributed by atoms with Gasteiger partial charge in [-0.25, -0.2) is 9.67 Å². The fourth-order valence-electron chi connectivity index (χ4n) is 1.81. The molecule has 1 heterocycles. The first-order chi connectivity index (χ1) is 8.24. The molecule has 0 saturated carbocycles. The number of hydrogen-bond acceptors (Lipinski definition) is 3. The van der Waals surface area contributed by atoms with Crippen molar-refractivity contribution in [1.82, 2.24) is 14.8 Å². The zero-order chi connectivity index (χ0) is 12.3. The number of benzene rings is 1. The third-order valence-electron chi connectivity index (χ3n) is 2.73. The minimum atomic E-state index is 0.570. The smallest absolute Gasteiger partial charge is 0.158 e. The number of nitrogens with two attached hydrogens (primary N) is 1. The molecule has 0 bridgehead atoms. The maximum Gasteiger partial charge on any atom is 0.158 e. The molecule has 17 heavy (non-hydrogen) atoms. The van der Waals surface area contributed by atoms with Gasteiger partial charge in [0.25, 0.3) is 0 Å². The van der Waals surface area contributed by atoms with E-state index in [1.807, 2.05) is 36.0 Å². The molecule has 0 saturated heterocycles. The lowest BCUT2D eigenvalue weighted by molar-refractivity contribution is 0.737. The molecule has 0 spiro atoms. The molecule has 90 valence electrons. The van der Waals surface area contributed by atoms with E-state index in [0.29, 0.717) is 6.54 Å². The summed E-state index contributed by atoms with van der Waals surface area (Å²) in [6, 6.07) is 8.15. The van der Waals surface area contributed by atoms with Gasteiger partial charge < -0.3 is 5.73 Å². The van der Waals surface area contributed by atoms with Crippen LogP contribution in [-0.2, 0) is 20.0 Å². The molecule has 4 heteroatoms. The molecule has 2 rings (SSSR count). The number of nitrogens with zero attached hydrogens (tertiary/aromatic N) is 3. The van der Waals surface area contributed by atoms with Gasteiger partial charge in [0.2, 0.25) is 0 Å². The fourth-order valence-corrected chi connectivity index (χ4v) is 1.81. The highest BCUT2D eigenvalue weighted by Crippen LogP contribution is 2.17. The first-order valence-corrected chi connectivity index (χ1v) is 5.94. The maximum absolute atomic E-state index is 5.58. The summed E-state index contributed by atoms with van der Waals surface area (Å²) in [5, 5.41) is 4.40. The summed E-state index contributed by atoms with van der Waals surface area (Å²) in [4.78, 5) is 4.55. The van der Waals surface area contributed by atoms with Crippen LogP contribution in [0, 0.1) is 0 Å². The molecule has 0 atom stereocenters. The zero-order valence-electron chi connectivity index (χ0n) is 10.3. The van der Waals surface area contributed by atoms with Gasteiger partial charge in [-0.15, -0.1) is 0 Å². The van der Waals surface area contributed by atoms with Gasteiger partial charge >= 0.3 is 0 Å². The Morgan fingerprint density at radius 2 is 1.94 bits per heavy atom. The molecular weight excluding hydrogens is 212 g/mol. The van der Waals surface area contributed by atoms with Crippen LogP contribution < -0.4 is 5.73 Å². The predicted octanol–water partition coefficient (Wildman–Crippen LogP) is 1.89. The number of hydrogen-bond donors (Lipinski definition) is 1. The minimum absolute atomic E-state index is 0.570. The summed E-state index contributed by atoms with van der Waals surface area (Å²) in [5.74, 6) is 1.82. The molecule has 0 aliphatic rings. The third-order valence-corrected chi connectivity index (χ3v) is 2.73. The molecule has 1 aromatic heterocycles. The second-order valence-corrected chi connectivity index (χ2v) is 4.13. The topological polar surface area (TPSA) is 56.7 Å². The largest absolute Gasteiger partial charge is 0.326 e. The van der Waals surface area contributed by atoms with Gasteiger partial charge in [0.1, 0.15) is 0 Å². The average molecular weight is 230 g/mol. The highest BCUT2D eigenvalue weighted by molar-refractivity contribution is 5.55. The second kappa shape index (κ2) is 5.10. The zero-order valence-corrected chi connectivity index (χ0v) is 10.3. The van der Waals surface area contributed by atoms with Crippen LogP contribution in [0.3, 0.4) is 0 Å². The Balaban J connectivity index is 2.31. The first kappa shape index (κ1) is 11.8. The Morgan fingerprint density at radius 1 is 1.24 bits per heavy atom. The second-order valence-electron chi connectivity index (χ2n) is 4.13. The molecule has 2 aromatic rings. The van der Waals surface area contributed by atoms with Crippen LogP contribution in [-0.4, -0.2) is 14.8 Å². The quantitative estimate of drug-likeness (QED) is 0.872. The summed E-state index contributed by atoms with van der Waals surface area (Å²) in [5.41, 5.74) is 7.79. The molecule has 0 unspecified atom stereocenters. The van der Waals surface area contributed by atoms with Crippen LogP contribution in [0.2, 0.25) is 0 Å². The molecule has 0 amide bonds. The highest BCUT2D eigenvalue weighted by atomic mass is 15.3. The number of aromatic nitrogens is 3. The summed E-state index contributed by atoms with van der Waals surface area (Å²) in [6.07, 6.45) is 1.99. The van der Waals surface area contributed by atoms with Gasteiger partial charge in [-0.3, -0.25) is 0 Å². The molecule has 0 aliphatic heterocycles. The van der Waals surface area contributed by atoms with Crippen molar-refractivity contribution in [1.29, 1.82) is 0 Å². The van der Waals surface area contributed by atoms with E-state index in [2.05, 4.69) is 17.0 Å². The van der Waals surface area contributed by atoms with Crippen LogP contribution in [0.25, 0.3) is 11.4 Å². The highest BCUT2D eigenvalue weighted by Gasteiger charge is 2.08. The van der Waals surface area contributed by atoms with Crippen LogP contribution in [0.4, 0.5) is 0 Å². The van der Waals surface area contributed by atoms with E-state index >= 15 is 0 Å². The van der Waals surface area contributed by atoms with Gasteiger partial charge in [0, 0.05) is 25.6 Å². The molecule has 1 aromatic carbocycles. The molecule has 0 fully saturated rings. The lowest BCUT2D eigenvalue weighted by atomic mass is 10.1. The Hall–Kier alpha value is -1.68. The van der Waals surface area contributed by atoms with E-state index in [9.17, 15) is 0 Å². The SMILES string of the molecule is CCCc1nc(-c2ccc(CN)cc2)n(C)n1. The summed E-state index contributed by atoms with van der Waals surface area (Å²) >= 11 is 0. The summed E-state index contributed by atoms with van der Waals surface area (Å²) in [7, 11) is 1.93. The van der Waals surface area contributed by atoms with Crippen LogP contribution in [0.1, 0.15) is 24.7 Å². The summed E-state index contributed by atoms with van der Waals surface area (Å²) in [6.45, 7) is 2.70. The number of rotatable bonds is 4. The van der Waals surface area contributed by atoms with E-state index in [4.69, 9.17) is 5.73 Å². The maximum atomic E-state index is 5.58. The monoisotopic (exact) mass is 230 g/mol. The van der Waals surface area contributed by atoms with E-state index in [1.165, 1.54) is 0 Å². The average Bonchev–Trinajstić information content (AvgIpc) is 2.71. The number of aryl methyl sites for hydroxylation is 2. The molecule has 0 aliphatic carbocycles. The Morgan fingerprint density at radius 3 is 2.53 bits per heavy atom. The molecule has 2 N–H and O–H groups in total. The predicted molar refractivity (Wildman–Crippen MR) is 68.3 cm³/mol. The minimum Gasteiger partial charge on any atom is -0.326 e. The van der Waals surface area contributed by atoms with Crippen LogP contribution >= 0.6 is 0 Å². The third kappa shape index (κ3) is 2.53. The van der Waals surface area contributed by atoms with Crippen LogP contribution in [0.5, 0.6) is 0 Å². The normalized spacial score (nSPS) is 10.8. The lowest BCUT2D eigenvalue weighted by Gasteiger charge is -2.01. The van der Waals surface area contributed by atoms with Gasteiger partial charge in [-0.1, -0.05) is 31.2 Å².